The van der Waals surface area contributed by atoms with Crippen molar-refractivity contribution in [1.82, 2.24) is 0 Å². The van der Waals surface area contributed by atoms with Crippen molar-refractivity contribution < 1.29 is 9.18 Å². The smallest absolute Gasteiger partial charge is 0.255 e. The van der Waals surface area contributed by atoms with Crippen LogP contribution in [-0.2, 0) is 0 Å². The Morgan fingerprint density at radius 2 is 1.75 bits per heavy atom. The molecule has 0 bridgehead atoms. The zero-order valence-electron chi connectivity index (χ0n) is 10.2. The van der Waals surface area contributed by atoms with E-state index in [9.17, 15) is 9.18 Å². The minimum atomic E-state index is -0.592. The van der Waals surface area contributed by atoms with Crippen molar-refractivity contribution in [1.29, 1.82) is 0 Å². The fourth-order valence-corrected chi connectivity index (χ4v) is 1.94. The number of halogens is 2. The Hall–Kier alpha value is -1.98. The Bertz CT molecular complexity index is 653. The molecule has 0 aliphatic heterocycles. The average Bonchev–Trinajstić information content (AvgIpc) is 2.43. The fourth-order valence-electron chi connectivity index (χ4n) is 1.59. The zero-order valence-corrected chi connectivity index (χ0v) is 11.8. The van der Waals surface area contributed by atoms with Gasteiger partial charge in [-0.2, -0.15) is 0 Å². The largest absolute Gasteiger partial charge is 0.389 e. The van der Waals surface area contributed by atoms with Crippen LogP contribution in [0.2, 0.25) is 5.02 Å². The summed E-state index contributed by atoms with van der Waals surface area (Å²) in [5.41, 5.74) is 6.43. The third kappa shape index (κ3) is 3.12. The van der Waals surface area contributed by atoms with E-state index in [0.29, 0.717) is 11.1 Å². The van der Waals surface area contributed by atoms with E-state index < -0.39 is 11.7 Å². The molecule has 3 nitrogen and oxygen atoms in total. The number of para-hydroxylation sites is 1. The topological polar surface area (TPSA) is 55.1 Å². The van der Waals surface area contributed by atoms with Crippen LogP contribution in [0.15, 0.2) is 42.5 Å². The van der Waals surface area contributed by atoms with Crippen molar-refractivity contribution in [2.75, 3.05) is 5.32 Å². The highest BCUT2D eigenvalue weighted by atomic mass is 35.5. The lowest BCUT2D eigenvalue weighted by molar-refractivity contribution is 0.102. The first kappa shape index (κ1) is 14.4. The summed E-state index contributed by atoms with van der Waals surface area (Å²) < 4.78 is 13.6. The van der Waals surface area contributed by atoms with Crippen LogP contribution in [-0.4, -0.2) is 10.9 Å². The van der Waals surface area contributed by atoms with Gasteiger partial charge < -0.3 is 11.1 Å². The molecule has 0 heterocycles. The van der Waals surface area contributed by atoms with Crippen LogP contribution < -0.4 is 11.1 Å². The van der Waals surface area contributed by atoms with Crippen LogP contribution in [0, 0.1) is 5.82 Å². The summed E-state index contributed by atoms with van der Waals surface area (Å²) in [6.07, 6.45) is 0. The van der Waals surface area contributed by atoms with Gasteiger partial charge in [0.25, 0.3) is 5.91 Å². The molecule has 0 saturated carbocycles. The fraction of sp³-hybridized carbons (Fsp3) is 0. The third-order valence-corrected chi connectivity index (χ3v) is 3.18. The number of amides is 1. The van der Waals surface area contributed by atoms with E-state index in [1.54, 1.807) is 24.3 Å². The van der Waals surface area contributed by atoms with Gasteiger partial charge in [0.15, 0.2) is 0 Å². The van der Waals surface area contributed by atoms with Crippen molar-refractivity contribution in [3.05, 3.63) is 64.4 Å². The number of anilines is 1. The number of carbonyl (C=O) groups excluding carboxylic acids is 1. The summed E-state index contributed by atoms with van der Waals surface area (Å²) in [5, 5.41) is 2.57. The van der Waals surface area contributed by atoms with E-state index in [0.717, 1.165) is 0 Å². The van der Waals surface area contributed by atoms with E-state index in [4.69, 9.17) is 29.6 Å². The molecule has 2 aromatic rings. The molecule has 0 unspecified atom stereocenters. The van der Waals surface area contributed by atoms with Gasteiger partial charge in [0.1, 0.15) is 10.8 Å². The molecule has 102 valence electrons. The molecule has 0 aliphatic rings. The number of carbonyl (C=O) groups is 1. The molecule has 6 heteroatoms. The molecule has 0 aliphatic carbocycles. The number of nitrogens with one attached hydrogen (secondary N) is 1. The van der Waals surface area contributed by atoms with Crippen molar-refractivity contribution in [3.8, 4) is 0 Å². The third-order valence-electron chi connectivity index (χ3n) is 2.63. The van der Waals surface area contributed by atoms with Crippen molar-refractivity contribution in [2.24, 2.45) is 5.73 Å². The van der Waals surface area contributed by atoms with Gasteiger partial charge in [-0.25, -0.2) is 4.39 Å². The molecule has 2 aromatic carbocycles. The van der Waals surface area contributed by atoms with Crippen LogP contribution in [0.25, 0.3) is 0 Å². The first-order valence-corrected chi connectivity index (χ1v) is 6.43. The van der Waals surface area contributed by atoms with E-state index in [1.807, 2.05) is 0 Å². The maximum Gasteiger partial charge on any atom is 0.255 e. The van der Waals surface area contributed by atoms with E-state index >= 15 is 0 Å². The lowest BCUT2D eigenvalue weighted by Crippen LogP contribution is -2.14. The van der Waals surface area contributed by atoms with Crippen molar-refractivity contribution in [2.45, 2.75) is 0 Å². The molecule has 3 N–H and O–H groups in total. The molecular weight excluding hydrogens is 299 g/mol. The Balaban J connectivity index is 2.22. The zero-order chi connectivity index (χ0) is 14.7. The SMILES string of the molecule is NC(=S)c1ccc(C(=O)Nc2c(F)cccc2Cl)cc1. The standard InChI is InChI=1S/C14H10ClFN2OS/c15-10-2-1-3-11(16)12(10)18-14(19)9-6-4-8(5-7-9)13(17)20/h1-7H,(H2,17,20)(H,18,19). The van der Waals surface area contributed by atoms with Gasteiger partial charge in [-0.05, 0) is 24.3 Å². The molecule has 0 radical (unpaired) electrons. The lowest BCUT2D eigenvalue weighted by atomic mass is 10.1. The first-order chi connectivity index (χ1) is 9.49. The molecule has 0 aromatic heterocycles. The first-order valence-electron chi connectivity index (χ1n) is 5.64. The number of hydrogen-bond donors (Lipinski definition) is 2. The van der Waals surface area contributed by atoms with Gasteiger partial charge in [0.2, 0.25) is 0 Å². The summed E-state index contributed by atoms with van der Waals surface area (Å²) in [5.74, 6) is -1.06. The van der Waals surface area contributed by atoms with Gasteiger partial charge >= 0.3 is 0 Å². The Morgan fingerprint density at radius 3 is 2.30 bits per heavy atom. The van der Waals surface area contributed by atoms with Gasteiger partial charge in [0, 0.05) is 11.1 Å². The maximum absolute atomic E-state index is 13.6. The number of hydrogen-bond acceptors (Lipinski definition) is 2. The molecular formula is C14H10ClFN2OS. The number of nitrogens with two attached hydrogens (primary N) is 1. The lowest BCUT2D eigenvalue weighted by Gasteiger charge is -2.08. The van der Waals surface area contributed by atoms with E-state index in [2.05, 4.69) is 5.32 Å². The number of rotatable bonds is 3. The van der Waals surface area contributed by atoms with Crippen molar-refractivity contribution >= 4 is 40.4 Å². The molecule has 1 amide bonds. The quantitative estimate of drug-likeness (QED) is 0.855. The Morgan fingerprint density at radius 1 is 1.15 bits per heavy atom. The normalized spacial score (nSPS) is 10.1. The molecule has 2 rings (SSSR count). The van der Waals surface area contributed by atoms with Gasteiger partial charge in [-0.15, -0.1) is 0 Å². The summed E-state index contributed by atoms with van der Waals surface area (Å²) in [6.45, 7) is 0. The van der Waals surface area contributed by atoms with Crippen molar-refractivity contribution in [3.63, 3.8) is 0 Å². The Kier molecular flexibility index (Phi) is 4.32. The highest BCUT2D eigenvalue weighted by Gasteiger charge is 2.12. The second-order valence-electron chi connectivity index (χ2n) is 3.99. The van der Waals surface area contributed by atoms with Gasteiger partial charge in [0.05, 0.1) is 10.7 Å². The van der Waals surface area contributed by atoms with E-state index in [1.165, 1.54) is 18.2 Å². The van der Waals surface area contributed by atoms with Crippen LogP contribution in [0.4, 0.5) is 10.1 Å². The highest BCUT2D eigenvalue weighted by Crippen LogP contribution is 2.25. The summed E-state index contributed by atoms with van der Waals surface area (Å²) in [4.78, 5) is 12.2. The Labute approximate surface area is 125 Å². The summed E-state index contributed by atoms with van der Waals surface area (Å²) >= 11 is 10.7. The van der Waals surface area contributed by atoms with Crippen LogP contribution in [0.3, 0.4) is 0 Å². The number of thiocarbonyl (C=S) groups is 1. The van der Waals surface area contributed by atoms with E-state index in [-0.39, 0.29) is 15.7 Å². The molecule has 20 heavy (non-hydrogen) atoms. The molecule has 0 saturated heterocycles. The minimum Gasteiger partial charge on any atom is -0.389 e. The van der Waals surface area contributed by atoms with Crippen LogP contribution >= 0.6 is 23.8 Å². The molecule has 0 fully saturated rings. The second kappa shape index (κ2) is 5.98. The monoisotopic (exact) mass is 308 g/mol. The van der Waals surface area contributed by atoms with Gasteiger partial charge in [-0.1, -0.05) is 42.0 Å². The average molecular weight is 309 g/mol. The predicted octanol–water partition coefficient (Wildman–Crippen LogP) is 3.37. The summed E-state index contributed by atoms with van der Waals surface area (Å²) in [7, 11) is 0. The second-order valence-corrected chi connectivity index (χ2v) is 4.84. The maximum atomic E-state index is 13.6. The predicted molar refractivity (Wildman–Crippen MR) is 81.7 cm³/mol. The highest BCUT2D eigenvalue weighted by molar-refractivity contribution is 7.80. The van der Waals surface area contributed by atoms with Crippen LogP contribution in [0.5, 0.6) is 0 Å². The molecule has 0 spiro atoms. The molecule has 0 atom stereocenters. The van der Waals surface area contributed by atoms with Crippen LogP contribution in [0.1, 0.15) is 15.9 Å². The number of benzene rings is 2. The summed E-state index contributed by atoms with van der Waals surface area (Å²) in [6, 6.07) is 10.5. The van der Waals surface area contributed by atoms with Gasteiger partial charge in [-0.3, -0.25) is 4.79 Å². The minimum absolute atomic E-state index is 0.0439.